The van der Waals surface area contributed by atoms with Gasteiger partial charge in [-0.05, 0) is 19.9 Å². The number of aryl methyl sites for hydroxylation is 1. The summed E-state index contributed by atoms with van der Waals surface area (Å²) in [6, 6.07) is 2.12. The summed E-state index contributed by atoms with van der Waals surface area (Å²) in [6.45, 7) is 9.44. The molecule has 1 aliphatic carbocycles. The normalized spacial score (nSPS) is 16.0. The molecule has 184 valence electrons. The molecule has 0 aliphatic heterocycles. The van der Waals surface area contributed by atoms with E-state index in [0.29, 0.717) is 0 Å². The van der Waals surface area contributed by atoms with Gasteiger partial charge >= 0.3 is 155 Å². The number of hydrogen-bond donors (Lipinski definition) is 2. The molecule has 3 aromatic heterocycles. The van der Waals surface area contributed by atoms with Gasteiger partial charge in [-0.3, -0.25) is 4.90 Å². The molecule has 0 aromatic carbocycles. The van der Waals surface area contributed by atoms with Gasteiger partial charge in [-0.25, -0.2) is 0 Å². The van der Waals surface area contributed by atoms with Crippen LogP contribution < -0.4 is 30.3 Å². The first-order valence-corrected chi connectivity index (χ1v) is 14.5. The van der Waals surface area contributed by atoms with Gasteiger partial charge in [0.1, 0.15) is 0 Å². The van der Waals surface area contributed by atoms with E-state index in [0.717, 1.165) is 52.3 Å². The van der Waals surface area contributed by atoms with E-state index >= 15 is 0 Å². The Labute approximate surface area is 216 Å². The van der Waals surface area contributed by atoms with Crippen LogP contribution in [0.2, 0.25) is 0 Å². The fraction of sp³-hybridized carbons (Fsp3) is 0.458. The van der Waals surface area contributed by atoms with E-state index in [9.17, 15) is 0 Å². The van der Waals surface area contributed by atoms with Gasteiger partial charge in [-0.2, -0.15) is 0 Å². The number of hydrogen-bond acceptors (Lipinski definition) is 8. The van der Waals surface area contributed by atoms with Crippen LogP contribution in [0.5, 0.6) is 0 Å². The van der Waals surface area contributed by atoms with Crippen LogP contribution in [0, 0.1) is 6.92 Å². The minimum absolute atomic E-state index is 0.121. The summed E-state index contributed by atoms with van der Waals surface area (Å²) < 4.78 is 17.7. The summed E-state index contributed by atoms with van der Waals surface area (Å²) in [5.41, 5.74) is 5.04. The molecule has 4 rings (SSSR count). The number of nitrogens with one attached hydrogen (secondary N) is 2. The van der Waals surface area contributed by atoms with Crippen LogP contribution in [0.3, 0.4) is 0 Å². The number of fused-ring (bicyclic) bond motifs is 1. The number of ether oxygens (including phenoxy) is 1. The fourth-order valence-electron chi connectivity index (χ4n) is 4.63. The Hall–Kier alpha value is -2.02. The van der Waals surface area contributed by atoms with E-state index in [2.05, 4.69) is 49.7 Å². The van der Waals surface area contributed by atoms with Crippen LogP contribution >= 0.6 is 11.5 Å². The molecule has 0 unspecified atom stereocenters. The summed E-state index contributed by atoms with van der Waals surface area (Å²) >= 11 is 1.24. The summed E-state index contributed by atoms with van der Waals surface area (Å²) in [7, 11) is 3.99. The topological polar surface area (TPSA) is 79.6 Å². The summed E-state index contributed by atoms with van der Waals surface area (Å²) in [5, 5.41) is 4.43. The maximum absolute atomic E-state index is 5.57. The number of nitrogens with zero attached hydrogens (tertiary/aromatic N) is 5. The zero-order chi connectivity index (χ0) is 24.1. The van der Waals surface area contributed by atoms with Crippen molar-refractivity contribution in [1.29, 1.82) is 0 Å². The molecule has 0 spiro atoms. The molecule has 3 aromatic rings. The SMILES string of the molecule is C=C[I-]N/C=C(\C)c1cnc2c(Nc3cc(CN(C)C4(COC)CCCC4)ns3)nc(C)cn12. The Morgan fingerprint density at radius 3 is 2.94 bits per heavy atom. The number of aromatic nitrogens is 4. The zero-order valence-electron chi connectivity index (χ0n) is 20.3. The van der Waals surface area contributed by atoms with Gasteiger partial charge in [0.2, 0.25) is 0 Å². The number of halogens is 1. The van der Waals surface area contributed by atoms with Gasteiger partial charge in [-0.1, -0.05) is 12.8 Å². The third kappa shape index (κ3) is 5.45. The molecule has 2 N–H and O–H groups in total. The molecule has 0 saturated heterocycles. The fourth-order valence-corrected chi connectivity index (χ4v) is 6.19. The zero-order valence-corrected chi connectivity index (χ0v) is 23.2. The van der Waals surface area contributed by atoms with Crippen LogP contribution in [0.15, 0.2) is 35.3 Å². The molecular weight excluding hydrogens is 561 g/mol. The van der Waals surface area contributed by atoms with Crippen molar-refractivity contribution in [2.75, 3.05) is 26.1 Å². The van der Waals surface area contributed by atoms with E-state index in [4.69, 9.17) is 14.1 Å². The third-order valence-electron chi connectivity index (χ3n) is 6.38. The number of likely N-dealkylation sites (N-methyl/N-ethyl adjacent to an activating group) is 1. The first kappa shape index (κ1) is 25.1. The van der Waals surface area contributed by atoms with Crippen molar-refractivity contribution in [3.05, 3.63) is 52.4 Å². The average molecular weight is 595 g/mol. The molecule has 0 atom stereocenters. The second-order valence-corrected chi connectivity index (χ2v) is 11.7. The second-order valence-electron chi connectivity index (χ2n) is 8.80. The predicted octanol–water partition coefficient (Wildman–Crippen LogP) is 1.73. The third-order valence-corrected chi connectivity index (χ3v) is 8.24. The van der Waals surface area contributed by atoms with Gasteiger partial charge in [0.05, 0.1) is 6.61 Å². The standard InChI is InChI=1S/C24H33IN7OS/c1-6-25-27-12-17(2)20-13-26-23-22(28-18(3)14-32(20)23)29-21-11-19(30-34-21)15-31(4)24(16-33-5)9-7-8-10-24/h6,11-14,27H,1,7-10,15-16H2,2-5H3,(H,28,29)/q-1/b17-12+. The van der Waals surface area contributed by atoms with Crippen LogP contribution in [-0.4, -0.2) is 49.9 Å². The van der Waals surface area contributed by atoms with Crippen molar-refractivity contribution in [3.8, 4) is 0 Å². The van der Waals surface area contributed by atoms with Gasteiger partial charge in [-0.15, -0.1) is 0 Å². The molecule has 3 heterocycles. The van der Waals surface area contributed by atoms with Crippen LogP contribution in [-0.2, 0) is 11.3 Å². The molecule has 1 fully saturated rings. The molecular formula is C24H33IN7OS-. The Balaban J connectivity index is 1.52. The Morgan fingerprint density at radius 2 is 2.21 bits per heavy atom. The van der Waals surface area contributed by atoms with Crippen molar-refractivity contribution >= 4 is 33.6 Å². The molecule has 0 amide bonds. The van der Waals surface area contributed by atoms with Gasteiger partial charge in [0.25, 0.3) is 0 Å². The quantitative estimate of drug-likeness (QED) is 0.199. The van der Waals surface area contributed by atoms with Crippen LogP contribution in [0.4, 0.5) is 10.8 Å². The minimum atomic E-state index is -0.220. The van der Waals surface area contributed by atoms with Gasteiger partial charge in [0, 0.05) is 12.6 Å². The van der Waals surface area contributed by atoms with Crippen molar-refractivity contribution in [2.24, 2.45) is 0 Å². The first-order valence-electron chi connectivity index (χ1n) is 11.4. The summed E-state index contributed by atoms with van der Waals surface area (Å²) in [4.78, 5) is 11.8. The van der Waals surface area contributed by atoms with E-state index in [1.54, 1.807) is 7.11 Å². The Morgan fingerprint density at radius 1 is 1.41 bits per heavy atom. The molecule has 34 heavy (non-hydrogen) atoms. The van der Waals surface area contributed by atoms with Crippen LogP contribution in [0.1, 0.15) is 49.7 Å². The number of allylic oxidation sites excluding steroid dienone is 1. The monoisotopic (exact) mass is 594 g/mol. The summed E-state index contributed by atoms with van der Waals surface area (Å²) in [6.07, 6.45) is 10.8. The van der Waals surface area contributed by atoms with E-state index in [1.807, 2.05) is 29.6 Å². The summed E-state index contributed by atoms with van der Waals surface area (Å²) in [5.74, 6) is 0.737. The van der Waals surface area contributed by atoms with E-state index < -0.39 is 0 Å². The number of methoxy groups -OCH3 is 1. The average Bonchev–Trinajstić information content (AvgIpc) is 3.55. The number of anilines is 2. The van der Waals surface area contributed by atoms with Crippen molar-refractivity contribution in [2.45, 2.75) is 51.6 Å². The van der Waals surface area contributed by atoms with Gasteiger partial charge in [0.15, 0.2) is 0 Å². The molecule has 1 aliphatic rings. The first-order chi connectivity index (χ1) is 16.5. The molecule has 0 radical (unpaired) electrons. The second kappa shape index (κ2) is 11.1. The Bertz CT molecular complexity index is 1170. The van der Waals surface area contributed by atoms with E-state index in [-0.39, 0.29) is 27.0 Å². The Kier molecular flexibility index (Phi) is 8.22. The predicted molar refractivity (Wildman–Crippen MR) is 135 cm³/mol. The van der Waals surface area contributed by atoms with Crippen LogP contribution in [0.25, 0.3) is 11.2 Å². The van der Waals surface area contributed by atoms with E-state index in [1.165, 1.54) is 37.2 Å². The number of rotatable bonds is 11. The molecule has 0 bridgehead atoms. The molecule has 1 saturated carbocycles. The molecule has 8 nitrogen and oxygen atoms in total. The van der Waals surface area contributed by atoms with Gasteiger partial charge < -0.3 is 4.74 Å². The molecule has 10 heteroatoms. The van der Waals surface area contributed by atoms with Crippen molar-refractivity contribution in [3.63, 3.8) is 0 Å². The number of imidazole rings is 1. The maximum atomic E-state index is 5.57. The van der Waals surface area contributed by atoms with Crippen molar-refractivity contribution < 1.29 is 26.2 Å². The van der Waals surface area contributed by atoms with Crippen molar-refractivity contribution in [1.82, 2.24) is 27.2 Å².